The zero-order valence-electron chi connectivity index (χ0n) is 19.3. The van der Waals surface area contributed by atoms with Crippen molar-refractivity contribution in [3.05, 3.63) is 34.9 Å². The zero-order chi connectivity index (χ0) is 21.8. The standard InChI is InChI=1S/C26H40O4/c1-15(2)23(28)14-30-16(3)20-8-9-21-19-7-6-17-12-18(27)13-24(29)26(17,5)22(19)10-11-25(20,21)4/h6-8,15-16,18,21-24,27-29H,9-14H2,1-5H3/t16-,18+,21-,22-,23+,24-,25+,26-/m0/s1. The molecule has 0 aromatic rings. The summed E-state index contributed by atoms with van der Waals surface area (Å²) in [6.45, 7) is 11.1. The molecule has 0 aliphatic heterocycles. The van der Waals surface area contributed by atoms with E-state index in [9.17, 15) is 15.3 Å². The summed E-state index contributed by atoms with van der Waals surface area (Å²) in [5.41, 5.74) is 3.90. The Balaban J connectivity index is 1.56. The van der Waals surface area contributed by atoms with Crippen LogP contribution in [0.3, 0.4) is 0 Å². The third-order valence-electron chi connectivity index (χ3n) is 9.02. The van der Waals surface area contributed by atoms with Gasteiger partial charge in [0.15, 0.2) is 0 Å². The van der Waals surface area contributed by atoms with Gasteiger partial charge in [-0.1, -0.05) is 57.1 Å². The number of rotatable bonds is 5. The van der Waals surface area contributed by atoms with Crippen molar-refractivity contribution < 1.29 is 20.1 Å². The molecule has 0 heterocycles. The SMILES string of the molecule is CC(C)[C@H](O)CO[C@@H](C)C1=CC[C@H]2C3=CC=C4C[C@@H](O)C[C@H](O)[C@]4(C)[C@H]3CC[C@]12C. The number of ether oxygens (including phenoxy) is 1. The fourth-order valence-electron chi connectivity index (χ4n) is 6.82. The molecule has 0 unspecified atom stereocenters. The molecule has 2 saturated carbocycles. The fourth-order valence-corrected chi connectivity index (χ4v) is 6.82. The molecule has 0 bridgehead atoms. The van der Waals surface area contributed by atoms with Gasteiger partial charge in [-0.15, -0.1) is 0 Å². The molecule has 3 N–H and O–H groups in total. The van der Waals surface area contributed by atoms with Gasteiger partial charge in [-0.2, -0.15) is 0 Å². The summed E-state index contributed by atoms with van der Waals surface area (Å²) in [5.74, 6) is 0.994. The van der Waals surface area contributed by atoms with E-state index in [-0.39, 0.29) is 22.9 Å². The molecule has 4 aliphatic rings. The number of aliphatic hydroxyl groups is 3. The second-order valence-electron chi connectivity index (χ2n) is 11.0. The molecule has 0 spiro atoms. The molecule has 0 amide bonds. The lowest BCUT2D eigenvalue weighted by Gasteiger charge is -2.56. The minimum absolute atomic E-state index is 0.00579. The summed E-state index contributed by atoms with van der Waals surface area (Å²) in [6.07, 6.45) is 9.86. The van der Waals surface area contributed by atoms with Crippen LogP contribution in [0.15, 0.2) is 34.9 Å². The molecule has 0 aromatic carbocycles. The normalized spacial score (nSPS) is 42.5. The largest absolute Gasteiger partial charge is 0.393 e. The first kappa shape index (κ1) is 22.3. The maximum atomic E-state index is 11.0. The van der Waals surface area contributed by atoms with Crippen LogP contribution in [0.5, 0.6) is 0 Å². The van der Waals surface area contributed by atoms with Gasteiger partial charge >= 0.3 is 0 Å². The molecule has 4 rings (SSSR count). The molecule has 4 nitrogen and oxygen atoms in total. The van der Waals surface area contributed by atoms with Gasteiger partial charge in [0.25, 0.3) is 0 Å². The number of hydrogen-bond acceptors (Lipinski definition) is 4. The number of aliphatic hydroxyl groups excluding tert-OH is 3. The van der Waals surface area contributed by atoms with Crippen molar-refractivity contribution in [2.24, 2.45) is 28.6 Å². The molecule has 30 heavy (non-hydrogen) atoms. The van der Waals surface area contributed by atoms with Crippen LogP contribution in [0, 0.1) is 28.6 Å². The van der Waals surface area contributed by atoms with Crippen LogP contribution in [0.2, 0.25) is 0 Å². The lowest BCUT2D eigenvalue weighted by Crippen LogP contribution is -2.52. The van der Waals surface area contributed by atoms with Crippen molar-refractivity contribution in [1.82, 2.24) is 0 Å². The van der Waals surface area contributed by atoms with E-state index in [2.05, 4.69) is 39.0 Å². The van der Waals surface area contributed by atoms with Crippen molar-refractivity contribution in [2.75, 3.05) is 6.61 Å². The minimum atomic E-state index is -0.487. The van der Waals surface area contributed by atoms with Gasteiger partial charge in [0.2, 0.25) is 0 Å². The Kier molecular flexibility index (Phi) is 5.85. The smallest absolute Gasteiger partial charge is 0.0796 e. The summed E-state index contributed by atoms with van der Waals surface area (Å²) < 4.78 is 6.12. The number of hydrogen-bond donors (Lipinski definition) is 3. The highest BCUT2D eigenvalue weighted by molar-refractivity contribution is 5.43. The second kappa shape index (κ2) is 7.88. The Hall–Kier alpha value is -0.940. The lowest BCUT2D eigenvalue weighted by molar-refractivity contribution is -0.0514. The zero-order valence-corrected chi connectivity index (χ0v) is 19.3. The maximum absolute atomic E-state index is 11.0. The van der Waals surface area contributed by atoms with Gasteiger partial charge < -0.3 is 20.1 Å². The summed E-state index contributed by atoms with van der Waals surface area (Å²) in [4.78, 5) is 0. The first-order valence-corrected chi connectivity index (χ1v) is 11.9. The van der Waals surface area contributed by atoms with Crippen LogP contribution in [0.4, 0.5) is 0 Å². The third kappa shape index (κ3) is 3.35. The topological polar surface area (TPSA) is 69.9 Å². The molecule has 4 aliphatic carbocycles. The van der Waals surface area contributed by atoms with E-state index in [4.69, 9.17) is 4.74 Å². The van der Waals surface area contributed by atoms with Crippen molar-refractivity contribution in [3.8, 4) is 0 Å². The van der Waals surface area contributed by atoms with Gasteiger partial charge in [0, 0.05) is 11.8 Å². The van der Waals surface area contributed by atoms with Crippen LogP contribution in [-0.2, 0) is 4.74 Å². The molecule has 0 radical (unpaired) electrons. The summed E-state index contributed by atoms with van der Waals surface area (Å²) >= 11 is 0. The highest BCUT2D eigenvalue weighted by Gasteiger charge is 2.57. The average molecular weight is 417 g/mol. The minimum Gasteiger partial charge on any atom is -0.393 e. The van der Waals surface area contributed by atoms with Crippen LogP contribution in [0.1, 0.15) is 66.7 Å². The van der Waals surface area contributed by atoms with Gasteiger partial charge in [-0.25, -0.2) is 0 Å². The van der Waals surface area contributed by atoms with Crippen LogP contribution in [-0.4, -0.2) is 46.3 Å². The van der Waals surface area contributed by atoms with Crippen LogP contribution >= 0.6 is 0 Å². The molecule has 4 heteroatoms. The monoisotopic (exact) mass is 416 g/mol. The Morgan fingerprint density at radius 1 is 1.13 bits per heavy atom. The Labute approximate surface area is 181 Å². The summed E-state index contributed by atoms with van der Waals surface area (Å²) in [7, 11) is 0. The van der Waals surface area contributed by atoms with Gasteiger partial charge in [-0.05, 0) is 61.3 Å². The maximum Gasteiger partial charge on any atom is 0.0796 e. The van der Waals surface area contributed by atoms with E-state index in [1.807, 2.05) is 13.8 Å². The fraction of sp³-hybridized carbons (Fsp3) is 0.769. The Morgan fingerprint density at radius 3 is 2.57 bits per heavy atom. The van der Waals surface area contributed by atoms with Gasteiger partial charge in [0.1, 0.15) is 0 Å². The molecular formula is C26H40O4. The Bertz CT molecular complexity index is 765. The predicted octanol–water partition coefficient (Wildman–Crippen LogP) is 4.16. The van der Waals surface area contributed by atoms with Crippen molar-refractivity contribution in [1.29, 1.82) is 0 Å². The Morgan fingerprint density at radius 2 is 1.87 bits per heavy atom. The van der Waals surface area contributed by atoms with Crippen molar-refractivity contribution >= 4 is 0 Å². The van der Waals surface area contributed by atoms with E-state index >= 15 is 0 Å². The summed E-state index contributed by atoms with van der Waals surface area (Å²) in [5, 5.41) is 31.3. The number of fused-ring (bicyclic) bond motifs is 5. The summed E-state index contributed by atoms with van der Waals surface area (Å²) in [6, 6.07) is 0. The van der Waals surface area contributed by atoms with Crippen LogP contribution < -0.4 is 0 Å². The molecular weight excluding hydrogens is 376 g/mol. The van der Waals surface area contributed by atoms with E-state index in [0.29, 0.717) is 31.3 Å². The van der Waals surface area contributed by atoms with Crippen molar-refractivity contribution in [2.45, 2.75) is 91.1 Å². The quantitative estimate of drug-likeness (QED) is 0.589. The molecule has 2 fully saturated rings. The van der Waals surface area contributed by atoms with E-state index in [1.165, 1.54) is 16.7 Å². The first-order chi connectivity index (χ1) is 14.1. The van der Waals surface area contributed by atoms with Crippen molar-refractivity contribution in [3.63, 3.8) is 0 Å². The van der Waals surface area contributed by atoms with E-state index in [1.54, 1.807) is 0 Å². The second-order valence-corrected chi connectivity index (χ2v) is 11.0. The average Bonchev–Trinajstić information content (AvgIpc) is 3.04. The van der Waals surface area contributed by atoms with E-state index < -0.39 is 18.3 Å². The highest BCUT2D eigenvalue weighted by Crippen LogP contribution is 2.64. The molecule has 168 valence electrons. The van der Waals surface area contributed by atoms with Gasteiger partial charge in [0.05, 0.1) is 31.0 Å². The first-order valence-electron chi connectivity index (χ1n) is 11.9. The lowest BCUT2D eigenvalue weighted by atomic mass is 9.49. The van der Waals surface area contributed by atoms with Gasteiger partial charge in [-0.3, -0.25) is 0 Å². The highest BCUT2D eigenvalue weighted by atomic mass is 16.5. The molecule has 8 atom stereocenters. The molecule has 0 saturated heterocycles. The van der Waals surface area contributed by atoms with Crippen LogP contribution in [0.25, 0.3) is 0 Å². The predicted molar refractivity (Wildman–Crippen MR) is 119 cm³/mol. The number of allylic oxidation sites excluding steroid dienone is 4. The third-order valence-corrected chi connectivity index (χ3v) is 9.02. The van der Waals surface area contributed by atoms with E-state index in [0.717, 1.165) is 19.3 Å². The molecule has 0 aromatic heterocycles.